The van der Waals surface area contributed by atoms with Crippen molar-refractivity contribution < 1.29 is 14.7 Å². The van der Waals surface area contributed by atoms with Crippen molar-refractivity contribution in [2.45, 2.75) is 12.5 Å². The first-order valence-corrected chi connectivity index (χ1v) is 8.88. The number of hydrazone groups is 1. The van der Waals surface area contributed by atoms with Crippen LogP contribution in [0.2, 0.25) is 10.0 Å². The SMILES string of the molecule is O=C(CC1N=C(N/N=C/c2ccc(O)cc2)NC1=O)Nc1ccc(Cl)cc1Cl. The smallest absolute Gasteiger partial charge is 0.252 e. The van der Waals surface area contributed by atoms with Crippen molar-refractivity contribution in [3.63, 3.8) is 0 Å². The Bertz CT molecular complexity index is 960. The maximum absolute atomic E-state index is 12.2. The molecule has 144 valence electrons. The molecule has 1 aliphatic heterocycles. The van der Waals surface area contributed by atoms with Crippen molar-refractivity contribution in [2.24, 2.45) is 10.1 Å². The summed E-state index contributed by atoms with van der Waals surface area (Å²) in [4.78, 5) is 28.3. The summed E-state index contributed by atoms with van der Waals surface area (Å²) >= 11 is 11.8. The molecule has 3 rings (SSSR count). The Morgan fingerprint density at radius 3 is 2.71 bits per heavy atom. The van der Waals surface area contributed by atoms with E-state index in [4.69, 9.17) is 23.2 Å². The van der Waals surface area contributed by atoms with Gasteiger partial charge in [0.15, 0.2) is 0 Å². The van der Waals surface area contributed by atoms with Crippen LogP contribution < -0.4 is 16.1 Å². The van der Waals surface area contributed by atoms with E-state index < -0.39 is 17.9 Å². The number of hydrogen-bond donors (Lipinski definition) is 4. The lowest BCUT2D eigenvalue weighted by atomic mass is 10.2. The number of carbonyl (C=O) groups is 2. The third-order valence-electron chi connectivity index (χ3n) is 3.69. The van der Waals surface area contributed by atoms with Crippen molar-refractivity contribution in [1.29, 1.82) is 0 Å². The number of anilines is 1. The average molecular weight is 420 g/mol. The second-order valence-electron chi connectivity index (χ2n) is 5.82. The minimum absolute atomic E-state index is 0.141. The lowest BCUT2D eigenvalue weighted by Crippen LogP contribution is -2.35. The molecule has 10 heteroatoms. The van der Waals surface area contributed by atoms with Crippen molar-refractivity contribution in [2.75, 3.05) is 5.32 Å². The van der Waals surface area contributed by atoms with E-state index in [9.17, 15) is 14.7 Å². The molecule has 8 nitrogen and oxygen atoms in total. The van der Waals surface area contributed by atoms with Gasteiger partial charge in [-0.05, 0) is 48.0 Å². The largest absolute Gasteiger partial charge is 0.508 e. The fraction of sp³-hybridized carbons (Fsp3) is 0.111. The van der Waals surface area contributed by atoms with Gasteiger partial charge in [0.25, 0.3) is 5.91 Å². The zero-order valence-electron chi connectivity index (χ0n) is 14.3. The first kappa shape index (κ1) is 19.7. The minimum Gasteiger partial charge on any atom is -0.508 e. The summed E-state index contributed by atoms with van der Waals surface area (Å²) in [6.07, 6.45) is 1.34. The Kier molecular flexibility index (Phi) is 6.13. The fourth-order valence-electron chi connectivity index (χ4n) is 2.34. The average Bonchev–Trinajstić information content (AvgIpc) is 2.98. The van der Waals surface area contributed by atoms with Crippen LogP contribution in [0, 0.1) is 0 Å². The highest BCUT2D eigenvalue weighted by atomic mass is 35.5. The van der Waals surface area contributed by atoms with E-state index in [1.807, 2.05) is 0 Å². The van der Waals surface area contributed by atoms with Gasteiger partial charge >= 0.3 is 0 Å². The molecule has 2 aromatic carbocycles. The number of aromatic hydroxyl groups is 1. The van der Waals surface area contributed by atoms with Crippen LogP contribution in [0.3, 0.4) is 0 Å². The third kappa shape index (κ3) is 5.21. The van der Waals surface area contributed by atoms with Gasteiger partial charge in [0, 0.05) is 5.02 Å². The van der Waals surface area contributed by atoms with E-state index in [2.05, 4.69) is 26.2 Å². The zero-order valence-corrected chi connectivity index (χ0v) is 15.8. The molecule has 0 aromatic heterocycles. The quantitative estimate of drug-likeness (QED) is 0.440. The number of aliphatic imine (C=N–C) groups is 1. The molecule has 1 heterocycles. The third-order valence-corrected chi connectivity index (χ3v) is 4.24. The number of carbonyl (C=O) groups excluding carboxylic acids is 2. The highest BCUT2D eigenvalue weighted by Crippen LogP contribution is 2.25. The molecular formula is C18H15Cl2N5O3. The van der Waals surface area contributed by atoms with Gasteiger partial charge in [0.2, 0.25) is 11.9 Å². The lowest BCUT2D eigenvalue weighted by Gasteiger charge is -2.08. The van der Waals surface area contributed by atoms with E-state index >= 15 is 0 Å². The van der Waals surface area contributed by atoms with Gasteiger partial charge in [-0.2, -0.15) is 5.10 Å². The van der Waals surface area contributed by atoms with Gasteiger partial charge in [0.05, 0.1) is 23.3 Å². The van der Waals surface area contributed by atoms with Gasteiger partial charge in [-0.1, -0.05) is 23.2 Å². The fourth-order valence-corrected chi connectivity index (χ4v) is 2.79. The first-order valence-electron chi connectivity index (χ1n) is 8.12. The van der Waals surface area contributed by atoms with Crippen molar-refractivity contribution >= 4 is 52.9 Å². The number of nitrogens with one attached hydrogen (secondary N) is 3. The number of halogens is 2. The molecule has 0 spiro atoms. The van der Waals surface area contributed by atoms with Crippen molar-refractivity contribution in [3.8, 4) is 5.75 Å². The van der Waals surface area contributed by atoms with E-state index in [1.165, 1.54) is 24.4 Å². The molecular weight excluding hydrogens is 405 g/mol. The number of nitrogens with zero attached hydrogens (tertiary/aromatic N) is 2. The molecule has 0 saturated carbocycles. The number of guanidine groups is 1. The Hall–Kier alpha value is -3.10. The van der Waals surface area contributed by atoms with Crippen LogP contribution in [-0.2, 0) is 9.59 Å². The number of amides is 2. The van der Waals surface area contributed by atoms with Gasteiger partial charge < -0.3 is 10.4 Å². The second-order valence-corrected chi connectivity index (χ2v) is 6.66. The van der Waals surface area contributed by atoms with Gasteiger partial charge in [-0.25, -0.2) is 10.4 Å². The summed E-state index contributed by atoms with van der Waals surface area (Å²) in [5.41, 5.74) is 3.74. The molecule has 1 atom stereocenters. The highest BCUT2D eigenvalue weighted by molar-refractivity contribution is 6.36. The molecule has 0 saturated heterocycles. The number of benzene rings is 2. The van der Waals surface area contributed by atoms with Crippen LogP contribution in [0.15, 0.2) is 52.6 Å². The van der Waals surface area contributed by atoms with Crippen LogP contribution in [0.1, 0.15) is 12.0 Å². The summed E-state index contributed by atoms with van der Waals surface area (Å²) < 4.78 is 0. The Labute approximate surface area is 170 Å². The Balaban J connectivity index is 1.55. The molecule has 0 radical (unpaired) electrons. The maximum Gasteiger partial charge on any atom is 0.252 e. The van der Waals surface area contributed by atoms with Gasteiger partial charge in [-0.3, -0.25) is 14.9 Å². The maximum atomic E-state index is 12.2. The van der Waals surface area contributed by atoms with Crippen LogP contribution >= 0.6 is 23.2 Å². The van der Waals surface area contributed by atoms with E-state index in [0.29, 0.717) is 15.7 Å². The Morgan fingerprint density at radius 1 is 1.25 bits per heavy atom. The topological polar surface area (TPSA) is 115 Å². The summed E-state index contributed by atoms with van der Waals surface area (Å²) in [6.45, 7) is 0. The molecule has 0 aliphatic carbocycles. The highest BCUT2D eigenvalue weighted by Gasteiger charge is 2.28. The van der Waals surface area contributed by atoms with Crippen LogP contribution in [0.4, 0.5) is 5.69 Å². The van der Waals surface area contributed by atoms with Crippen LogP contribution in [0.25, 0.3) is 0 Å². The summed E-state index contributed by atoms with van der Waals surface area (Å²) in [7, 11) is 0. The van der Waals surface area contributed by atoms with E-state index in [-0.39, 0.29) is 18.1 Å². The monoisotopic (exact) mass is 419 g/mol. The number of phenols is 1. The van der Waals surface area contributed by atoms with Gasteiger partial charge in [-0.15, -0.1) is 0 Å². The molecule has 2 amide bonds. The molecule has 1 aliphatic rings. The molecule has 1 unspecified atom stereocenters. The summed E-state index contributed by atoms with van der Waals surface area (Å²) in [6, 6.07) is 10.2. The van der Waals surface area contributed by atoms with Crippen molar-refractivity contribution in [1.82, 2.24) is 10.7 Å². The molecule has 2 aromatic rings. The predicted octanol–water partition coefficient (Wildman–Crippen LogP) is 2.51. The Morgan fingerprint density at radius 2 is 2.00 bits per heavy atom. The standard InChI is InChI=1S/C18H15Cl2N5O3/c19-11-3-6-14(13(20)7-11)22-16(27)8-15-17(28)24-18(23-15)25-21-9-10-1-4-12(26)5-2-10/h1-7,9,15,26H,8H2,(H,22,27)(H2,23,24,25,28)/b21-9+. The second kappa shape index (κ2) is 8.73. The number of phenolic OH excluding ortho intramolecular Hbond substituents is 1. The zero-order chi connectivity index (χ0) is 20.1. The lowest BCUT2D eigenvalue weighted by molar-refractivity contribution is -0.123. The molecule has 28 heavy (non-hydrogen) atoms. The number of hydrogen-bond acceptors (Lipinski definition) is 6. The van der Waals surface area contributed by atoms with Crippen molar-refractivity contribution in [3.05, 3.63) is 58.1 Å². The first-order chi connectivity index (χ1) is 13.4. The van der Waals surface area contributed by atoms with E-state index in [1.54, 1.807) is 24.3 Å². The van der Waals surface area contributed by atoms with Crippen LogP contribution in [-0.4, -0.2) is 35.1 Å². The molecule has 4 N–H and O–H groups in total. The molecule has 0 bridgehead atoms. The minimum atomic E-state index is -0.877. The number of rotatable bonds is 5. The predicted molar refractivity (Wildman–Crippen MR) is 108 cm³/mol. The normalized spacial score (nSPS) is 16.0. The molecule has 0 fully saturated rings. The van der Waals surface area contributed by atoms with Gasteiger partial charge in [0.1, 0.15) is 11.8 Å². The van der Waals surface area contributed by atoms with E-state index in [0.717, 1.165) is 5.56 Å². The summed E-state index contributed by atoms with van der Waals surface area (Å²) in [5, 5.41) is 19.1. The van der Waals surface area contributed by atoms with Crippen LogP contribution in [0.5, 0.6) is 5.75 Å². The summed E-state index contributed by atoms with van der Waals surface area (Å²) in [5.74, 6) is -0.539.